The molecule has 5 nitrogen and oxygen atoms in total. The molecule has 0 radical (unpaired) electrons. The van der Waals surface area contributed by atoms with Gasteiger partial charge in [-0.05, 0) is 98.7 Å². The Labute approximate surface area is 217 Å². The number of amides is 1. The molecule has 0 spiro atoms. The molecule has 36 heavy (non-hydrogen) atoms. The van der Waals surface area contributed by atoms with Gasteiger partial charge in [-0.1, -0.05) is 52.3 Å². The van der Waals surface area contributed by atoms with Crippen molar-refractivity contribution in [3.63, 3.8) is 0 Å². The predicted molar refractivity (Wildman–Crippen MR) is 143 cm³/mol. The zero-order chi connectivity index (χ0) is 26.7. The number of allylic oxidation sites excluding steroid dienone is 7. The van der Waals surface area contributed by atoms with E-state index in [4.69, 9.17) is 4.74 Å². The molecule has 5 heteroatoms. The summed E-state index contributed by atoms with van der Waals surface area (Å²) in [4.78, 5) is 24.9. The topological polar surface area (TPSA) is 75.6 Å². The molecule has 0 bridgehead atoms. The second kappa shape index (κ2) is 8.92. The van der Waals surface area contributed by atoms with Gasteiger partial charge < -0.3 is 15.2 Å². The zero-order valence-corrected chi connectivity index (χ0v) is 23.5. The van der Waals surface area contributed by atoms with E-state index in [2.05, 4.69) is 59.0 Å². The van der Waals surface area contributed by atoms with Crippen molar-refractivity contribution in [2.75, 3.05) is 6.61 Å². The fraction of sp³-hybridized carbons (Fsp3) is 0.677. The Kier molecular flexibility index (Phi) is 6.63. The summed E-state index contributed by atoms with van der Waals surface area (Å²) < 4.78 is 5.25. The third-order valence-corrected chi connectivity index (χ3v) is 11.0. The van der Waals surface area contributed by atoms with Crippen molar-refractivity contribution in [3.05, 3.63) is 46.3 Å². The first-order valence-corrected chi connectivity index (χ1v) is 13.8. The first-order chi connectivity index (χ1) is 16.7. The van der Waals surface area contributed by atoms with Crippen molar-refractivity contribution in [3.8, 4) is 0 Å². The summed E-state index contributed by atoms with van der Waals surface area (Å²) in [6, 6.07) is 0. The Balaban J connectivity index is 1.75. The molecule has 0 saturated heterocycles. The van der Waals surface area contributed by atoms with Gasteiger partial charge in [0.25, 0.3) is 0 Å². The van der Waals surface area contributed by atoms with E-state index in [-0.39, 0.29) is 45.3 Å². The van der Waals surface area contributed by atoms with Crippen LogP contribution in [0.25, 0.3) is 0 Å². The molecule has 198 valence electrons. The van der Waals surface area contributed by atoms with E-state index in [0.29, 0.717) is 18.1 Å². The fourth-order valence-corrected chi connectivity index (χ4v) is 8.21. The van der Waals surface area contributed by atoms with Gasteiger partial charge in [0.05, 0.1) is 6.61 Å². The minimum Gasteiger partial charge on any atom is -0.504 e. The maximum atomic E-state index is 12.5. The molecule has 0 aromatic heterocycles. The molecule has 1 amide bonds. The van der Waals surface area contributed by atoms with Crippen LogP contribution in [0.3, 0.4) is 0 Å². The molecule has 0 aromatic rings. The molecule has 2 N–H and O–H groups in total. The summed E-state index contributed by atoms with van der Waals surface area (Å²) in [5.74, 6) is 0.105. The quantitative estimate of drug-likeness (QED) is 0.427. The molecule has 0 aliphatic heterocycles. The predicted octanol–water partition coefficient (Wildman–Crippen LogP) is 7.36. The van der Waals surface area contributed by atoms with Gasteiger partial charge in [-0.3, -0.25) is 4.79 Å². The number of carbonyl (C=O) groups excluding carboxylic acids is 2. The lowest BCUT2D eigenvalue weighted by atomic mass is 9.39. The molecular weight excluding hydrogens is 450 g/mol. The molecule has 4 rings (SSSR count). The van der Waals surface area contributed by atoms with Gasteiger partial charge in [-0.2, -0.15) is 0 Å². The average Bonchev–Trinajstić information content (AvgIpc) is 2.82. The van der Waals surface area contributed by atoms with E-state index in [1.807, 2.05) is 13.8 Å². The summed E-state index contributed by atoms with van der Waals surface area (Å²) in [6.45, 7) is 18.1. The van der Waals surface area contributed by atoms with Crippen LogP contribution in [0.5, 0.6) is 0 Å². The Morgan fingerprint density at radius 2 is 1.78 bits per heavy atom. The van der Waals surface area contributed by atoms with Crippen molar-refractivity contribution in [2.24, 2.45) is 28.1 Å². The first kappa shape index (κ1) is 26.8. The van der Waals surface area contributed by atoms with Crippen molar-refractivity contribution < 1.29 is 19.4 Å². The lowest BCUT2D eigenvalue weighted by Crippen LogP contribution is -2.62. The lowest BCUT2D eigenvalue weighted by Gasteiger charge is -2.66. The van der Waals surface area contributed by atoms with E-state index < -0.39 is 0 Å². The van der Waals surface area contributed by atoms with Crippen LogP contribution in [-0.4, -0.2) is 29.1 Å². The number of ether oxygens (including phenoxy) is 1. The van der Waals surface area contributed by atoms with Gasteiger partial charge in [-0.25, -0.2) is 4.79 Å². The minimum absolute atomic E-state index is 0.00964. The number of fused-ring (bicyclic) bond motifs is 2. The van der Waals surface area contributed by atoms with Crippen LogP contribution in [0.4, 0.5) is 4.79 Å². The lowest BCUT2D eigenvalue weighted by molar-refractivity contribution is -0.133. The molecule has 2 saturated carbocycles. The third kappa shape index (κ3) is 3.88. The number of alkyl carbamates (subject to hydrolysis) is 1. The number of aliphatic hydroxyl groups is 1. The van der Waals surface area contributed by atoms with Crippen LogP contribution in [0.15, 0.2) is 46.3 Å². The Bertz CT molecular complexity index is 1100. The smallest absolute Gasteiger partial charge is 0.407 e. The second-order valence-electron chi connectivity index (χ2n) is 12.8. The van der Waals surface area contributed by atoms with Gasteiger partial charge in [-0.15, -0.1) is 0 Å². The van der Waals surface area contributed by atoms with E-state index >= 15 is 0 Å². The van der Waals surface area contributed by atoms with E-state index in [1.165, 1.54) is 5.57 Å². The molecular formula is C31H45NO4. The SMILES string of the molecule is CCOC(=O)N[C@]1(C)CC[C@]2(C)CC[C@](C)(C3=CC=C4C(=CC(=O)C(O)=C4C)[C@H]3C)[C@@](C)(CC)[C@@H]2C1. The van der Waals surface area contributed by atoms with Crippen LogP contribution in [0, 0.1) is 28.1 Å². The number of hydrogen-bond donors (Lipinski definition) is 2. The average molecular weight is 496 g/mol. The largest absolute Gasteiger partial charge is 0.504 e. The Morgan fingerprint density at radius 1 is 1.11 bits per heavy atom. The van der Waals surface area contributed by atoms with Gasteiger partial charge in [0.1, 0.15) is 0 Å². The fourth-order valence-electron chi connectivity index (χ4n) is 8.21. The monoisotopic (exact) mass is 495 g/mol. The van der Waals surface area contributed by atoms with Crippen LogP contribution >= 0.6 is 0 Å². The van der Waals surface area contributed by atoms with Crippen molar-refractivity contribution in [1.82, 2.24) is 5.32 Å². The molecule has 0 aromatic carbocycles. The summed E-state index contributed by atoms with van der Waals surface area (Å²) in [5.41, 5.74) is 3.95. The second-order valence-corrected chi connectivity index (χ2v) is 12.8. The summed E-state index contributed by atoms with van der Waals surface area (Å²) in [6.07, 6.45) is 12.0. The van der Waals surface area contributed by atoms with Gasteiger partial charge in [0.15, 0.2) is 5.76 Å². The zero-order valence-electron chi connectivity index (χ0n) is 23.5. The summed E-state index contributed by atoms with van der Waals surface area (Å²) in [7, 11) is 0. The molecule has 0 unspecified atom stereocenters. The van der Waals surface area contributed by atoms with E-state index in [1.54, 1.807) is 6.08 Å². The van der Waals surface area contributed by atoms with Gasteiger partial charge in [0.2, 0.25) is 5.78 Å². The van der Waals surface area contributed by atoms with Gasteiger partial charge in [0, 0.05) is 17.0 Å². The standard InChI is InChI=1S/C31H45NO4/c1-9-30(7)25-18-29(6,32-27(35)36-10-2)15-13-28(25,5)14-16-31(30,8)23-12-11-21-20(4)26(34)24(33)17-22(21)19(23)3/h11-12,17,19,25,34H,9-10,13-16,18H2,1-8H3,(H,32,35)/t19-,25-,28-,29-,30+,31-/m1/s1. The molecule has 0 heterocycles. The first-order valence-electron chi connectivity index (χ1n) is 13.8. The van der Waals surface area contributed by atoms with E-state index in [9.17, 15) is 14.7 Å². The van der Waals surface area contributed by atoms with Crippen LogP contribution < -0.4 is 5.32 Å². The van der Waals surface area contributed by atoms with Gasteiger partial charge >= 0.3 is 6.09 Å². The molecule has 2 fully saturated rings. The van der Waals surface area contributed by atoms with Crippen molar-refractivity contribution in [2.45, 2.75) is 99.5 Å². The highest BCUT2D eigenvalue weighted by atomic mass is 16.5. The minimum atomic E-state index is -0.317. The molecule has 6 atom stereocenters. The summed E-state index contributed by atoms with van der Waals surface area (Å²) in [5, 5.41) is 13.5. The number of rotatable bonds is 4. The molecule has 4 aliphatic rings. The Morgan fingerprint density at radius 3 is 2.42 bits per heavy atom. The summed E-state index contributed by atoms with van der Waals surface area (Å²) >= 11 is 0. The maximum absolute atomic E-state index is 12.5. The number of carbonyl (C=O) groups is 2. The number of aliphatic hydroxyl groups excluding tert-OH is 1. The highest BCUT2D eigenvalue weighted by Crippen LogP contribution is 2.69. The normalized spacial score (nSPS) is 40.4. The van der Waals surface area contributed by atoms with Crippen LogP contribution in [0.2, 0.25) is 0 Å². The maximum Gasteiger partial charge on any atom is 0.407 e. The highest BCUT2D eigenvalue weighted by Gasteiger charge is 2.62. The van der Waals surface area contributed by atoms with Crippen molar-refractivity contribution >= 4 is 11.9 Å². The molecule has 4 aliphatic carbocycles. The number of ketones is 1. The highest BCUT2D eigenvalue weighted by molar-refractivity contribution is 6.06. The number of nitrogens with one attached hydrogen (secondary N) is 1. The number of hydrogen-bond acceptors (Lipinski definition) is 4. The van der Waals surface area contributed by atoms with Crippen LogP contribution in [-0.2, 0) is 9.53 Å². The third-order valence-electron chi connectivity index (χ3n) is 11.0. The van der Waals surface area contributed by atoms with Crippen molar-refractivity contribution in [1.29, 1.82) is 0 Å². The Hall–Kier alpha value is -2.30. The van der Waals surface area contributed by atoms with Crippen LogP contribution in [0.1, 0.15) is 93.9 Å². The van der Waals surface area contributed by atoms with E-state index in [0.717, 1.165) is 49.7 Å².